The molecule has 0 amide bonds. The molecule has 132 valence electrons. The fourth-order valence-corrected chi connectivity index (χ4v) is 3.77. The van der Waals surface area contributed by atoms with Gasteiger partial charge in [-0.3, -0.25) is 9.59 Å². The fourth-order valence-electron chi connectivity index (χ4n) is 3.32. The fraction of sp³-hybridized carbons (Fsp3) is 0.238. The predicted octanol–water partition coefficient (Wildman–Crippen LogP) is 4.93. The first-order chi connectivity index (χ1) is 12.5. The number of carbonyl (C=O) groups is 2. The first kappa shape index (κ1) is 18.5. The molecule has 3 rings (SSSR count). The molecule has 0 aliphatic heterocycles. The number of ketones is 2. The number of benzene rings is 2. The van der Waals surface area contributed by atoms with Crippen LogP contribution in [0.1, 0.15) is 24.3 Å². The van der Waals surface area contributed by atoms with Crippen molar-refractivity contribution in [3.8, 4) is 29.2 Å². The van der Waals surface area contributed by atoms with Gasteiger partial charge in [0.2, 0.25) is 0 Å². The predicted molar refractivity (Wildman–Crippen MR) is 103 cm³/mol. The first-order valence-corrected chi connectivity index (χ1v) is 8.85. The van der Waals surface area contributed by atoms with Gasteiger partial charge in [0.15, 0.2) is 5.78 Å². The van der Waals surface area contributed by atoms with Gasteiger partial charge >= 0.3 is 0 Å². The summed E-state index contributed by atoms with van der Waals surface area (Å²) in [6.45, 7) is 0. The van der Waals surface area contributed by atoms with Gasteiger partial charge in [-0.1, -0.05) is 35.3 Å². The Morgan fingerprint density at radius 3 is 2.46 bits per heavy atom. The molecule has 0 spiro atoms. The van der Waals surface area contributed by atoms with E-state index in [9.17, 15) is 9.59 Å². The van der Waals surface area contributed by atoms with Gasteiger partial charge in [0, 0.05) is 34.4 Å². The second-order valence-electron chi connectivity index (χ2n) is 6.19. The summed E-state index contributed by atoms with van der Waals surface area (Å²) in [6.07, 6.45) is 5.71. The maximum absolute atomic E-state index is 12.7. The molecule has 2 aromatic carbocycles. The summed E-state index contributed by atoms with van der Waals surface area (Å²) in [5.41, 5.74) is 2.13. The molecule has 1 aliphatic rings. The van der Waals surface area contributed by atoms with Gasteiger partial charge in [0.05, 0.1) is 7.11 Å². The molecule has 2 aromatic rings. The minimum absolute atomic E-state index is 0.145. The average Bonchev–Trinajstić information content (AvgIpc) is 2.89. The van der Waals surface area contributed by atoms with Crippen LogP contribution in [0, 0.1) is 18.3 Å². The summed E-state index contributed by atoms with van der Waals surface area (Å²) < 4.78 is 5.46. The molecule has 0 bridgehead atoms. The van der Waals surface area contributed by atoms with E-state index in [-0.39, 0.29) is 24.4 Å². The second-order valence-corrected chi connectivity index (χ2v) is 7.04. The topological polar surface area (TPSA) is 43.4 Å². The molecule has 0 heterocycles. The Balaban J connectivity index is 2.06. The van der Waals surface area contributed by atoms with Gasteiger partial charge in [-0.25, -0.2) is 0 Å². The maximum Gasteiger partial charge on any atom is 0.152 e. The quantitative estimate of drug-likeness (QED) is 0.552. The molecule has 0 radical (unpaired) electrons. The Kier molecular flexibility index (Phi) is 5.36. The van der Waals surface area contributed by atoms with E-state index in [1.54, 1.807) is 24.3 Å². The highest BCUT2D eigenvalue weighted by Gasteiger charge is 2.43. The molecule has 0 N–H and O–H groups in total. The molecule has 1 unspecified atom stereocenters. The number of ether oxygens (including phenoxy) is 1. The molecular weight excluding hydrogens is 371 g/mol. The Bertz CT molecular complexity index is 910. The number of carbonyl (C=O) groups excluding carboxylic acids is 2. The van der Waals surface area contributed by atoms with Crippen molar-refractivity contribution in [1.82, 2.24) is 0 Å². The average molecular weight is 387 g/mol. The third-order valence-corrected chi connectivity index (χ3v) is 5.16. The van der Waals surface area contributed by atoms with Crippen LogP contribution in [0.25, 0.3) is 11.1 Å². The summed E-state index contributed by atoms with van der Waals surface area (Å²) in [4.78, 5) is 25.1. The van der Waals surface area contributed by atoms with E-state index in [0.29, 0.717) is 21.4 Å². The van der Waals surface area contributed by atoms with Gasteiger partial charge in [0.1, 0.15) is 17.5 Å². The number of halogens is 2. The van der Waals surface area contributed by atoms with Crippen LogP contribution in [-0.2, 0) is 9.59 Å². The lowest BCUT2D eigenvalue weighted by Gasteiger charge is -2.17. The lowest BCUT2D eigenvalue weighted by Crippen LogP contribution is -2.16. The zero-order valence-corrected chi connectivity index (χ0v) is 15.6. The Morgan fingerprint density at radius 2 is 1.85 bits per heavy atom. The maximum atomic E-state index is 12.7. The number of methoxy groups -OCH3 is 1. The van der Waals surface area contributed by atoms with Crippen LogP contribution in [0.5, 0.6) is 5.75 Å². The van der Waals surface area contributed by atoms with E-state index in [0.717, 1.165) is 11.1 Å². The first-order valence-electron chi connectivity index (χ1n) is 8.09. The highest BCUT2D eigenvalue weighted by Crippen LogP contribution is 2.43. The minimum atomic E-state index is -0.921. The van der Waals surface area contributed by atoms with E-state index in [4.69, 9.17) is 34.4 Å². The minimum Gasteiger partial charge on any atom is -0.496 e. The van der Waals surface area contributed by atoms with E-state index in [1.807, 2.05) is 12.1 Å². The Labute approximate surface area is 162 Å². The summed E-state index contributed by atoms with van der Waals surface area (Å²) >= 11 is 12.4. The van der Waals surface area contributed by atoms with Gasteiger partial charge in [0.25, 0.3) is 0 Å². The molecule has 5 heteroatoms. The molecule has 1 saturated carbocycles. The normalized spacial score (nSPS) is 19.5. The summed E-state index contributed by atoms with van der Waals surface area (Å²) in [7, 11) is 1.49. The zero-order chi connectivity index (χ0) is 18.8. The molecule has 0 aromatic heterocycles. The second kappa shape index (κ2) is 7.53. The molecule has 1 fully saturated rings. The third-order valence-electron chi connectivity index (χ3n) is 4.60. The van der Waals surface area contributed by atoms with Crippen LogP contribution in [0.15, 0.2) is 36.4 Å². The molecular formula is C21H16Cl2O3. The van der Waals surface area contributed by atoms with Gasteiger partial charge < -0.3 is 4.74 Å². The Hall–Kier alpha value is -2.28. The third kappa shape index (κ3) is 3.35. The van der Waals surface area contributed by atoms with Crippen molar-refractivity contribution in [3.63, 3.8) is 0 Å². The number of terminal acetylenes is 1. The van der Waals surface area contributed by atoms with Gasteiger partial charge in [-0.2, -0.15) is 0 Å². The molecule has 0 saturated heterocycles. The van der Waals surface area contributed by atoms with E-state index >= 15 is 0 Å². The zero-order valence-electron chi connectivity index (χ0n) is 14.1. The molecule has 1 aliphatic carbocycles. The van der Waals surface area contributed by atoms with E-state index in [1.165, 1.54) is 7.11 Å². The van der Waals surface area contributed by atoms with Crippen LogP contribution in [0.4, 0.5) is 0 Å². The molecule has 26 heavy (non-hydrogen) atoms. The highest BCUT2D eigenvalue weighted by atomic mass is 35.5. The van der Waals surface area contributed by atoms with Crippen molar-refractivity contribution in [3.05, 3.63) is 52.0 Å². The van der Waals surface area contributed by atoms with Crippen molar-refractivity contribution in [2.45, 2.75) is 18.8 Å². The van der Waals surface area contributed by atoms with E-state index in [2.05, 4.69) is 5.92 Å². The number of Topliss-reactive ketones (excluding diaryl/α,β-unsaturated/α-hetero) is 2. The van der Waals surface area contributed by atoms with Crippen molar-refractivity contribution in [2.24, 2.45) is 5.92 Å². The standard InChI is InChI=1S/C21H16Cl2O3/c1-3-4-13-10-17(24)20(21(13)25)19-16(23)9-14(11-18(19)26-2)12-5-7-15(22)8-6-12/h1,5-9,11,13,20H,4,10H2,2H3/t13-,20?/m1/s1. The smallest absolute Gasteiger partial charge is 0.152 e. The highest BCUT2D eigenvalue weighted by molar-refractivity contribution is 6.33. The van der Waals surface area contributed by atoms with Crippen LogP contribution in [-0.4, -0.2) is 18.7 Å². The lowest BCUT2D eigenvalue weighted by molar-refractivity contribution is -0.124. The van der Waals surface area contributed by atoms with Crippen molar-refractivity contribution < 1.29 is 14.3 Å². The number of rotatable bonds is 4. The van der Waals surface area contributed by atoms with Crippen molar-refractivity contribution in [1.29, 1.82) is 0 Å². The monoisotopic (exact) mass is 386 g/mol. The number of hydrogen-bond acceptors (Lipinski definition) is 3. The summed E-state index contributed by atoms with van der Waals surface area (Å²) in [5, 5.41) is 0.951. The van der Waals surface area contributed by atoms with Crippen LogP contribution in [0.2, 0.25) is 10.0 Å². The number of hydrogen-bond donors (Lipinski definition) is 0. The SMILES string of the molecule is C#CC[C@@H]1CC(=O)C(c2c(Cl)cc(-c3ccc(Cl)cc3)cc2OC)C1=O. The summed E-state index contributed by atoms with van der Waals surface area (Å²) in [5.74, 6) is 1.15. The lowest BCUT2D eigenvalue weighted by atomic mass is 9.91. The Morgan fingerprint density at radius 1 is 1.15 bits per heavy atom. The van der Waals surface area contributed by atoms with Gasteiger partial charge in [-0.15, -0.1) is 12.3 Å². The largest absolute Gasteiger partial charge is 0.496 e. The van der Waals surface area contributed by atoms with Gasteiger partial charge in [-0.05, 0) is 35.4 Å². The van der Waals surface area contributed by atoms with Crippen LogP contribution in [0.3, 0.4) is 0 Å². The molecule has 2 atom stereocenters. The molecule has 3 nitrogen and oxygen atoms in total. The van der Waals surface area contributed by atoms with Crippen molar-refractivity contribution in [2.75, 3.05) is 7.11 Å². The van der Waals surface area contributed by atoms with Crippen LogP contribution >= 0.6 is 23.2 Å². The summed E-state index contributed by atoms with van der Waals surface area (Å²) in [6, 6.07) is 10.8. The van der Waals surface area contributed by atoms with Crippen LogP contribution < -0.4 is 4.74 Å². The van der Waals surface area contributed by atoms with E-state index < -0.39 is 11.8 Å². The van der Waals surface area contributed by atoms with Crippen molar-refractivity contribution >= 4 is 34.8 Å².